The molecule has 1 aliphatic rings. The van der Waals surface area contributed by atoms with E-state index in [2.05, 4.69) is 27.7 Å². The summed E-state index contributed by atoms with van der Waals surface area (Å²) in [7, 11) is 0. The van der Waals surface area contributed by atoms with Crippen LogP contribution in [-0.4, -0.2) is 0 Å². The van der Waals surface area contributed by atoms with Crippen LogP contribution in [0.25, 0.3) is 0 Å². The molecule has 0 aromatic rings. The van der Waals surface area contributed by atoms with E-state index in [1.807, 2.05) is 0 Å². The second-order valence-corrected chi connectivity index (χ2v) is 4.83. The first-order valence-electron chi connectivity index (χ1n) is 5.66. The van der Waals surface area contributed by atoms with Crippen molar-refractivity contribution < 1.29 is 0 Å². The van der Waals surface area contributed by atoms with Crippen molar-refractivity contribution in [2.75, 3.05) is 0 Å². The van der Waals surface area contributed by atoms with E-state index in [9.17, 15) is 0 Å². The van der Waals surface area contributed by atoms with Crippen LogP contribution >= 0.6 is 0 Å². The highest BCUT2D eigenvalue weighted by Crippen LogP contribution is 2.48. The lowest BCUT2D eigenvalue weighted by molar-refractivity contribution is 0.465. The maximum Gasteiger partial charge on any atom is -0.0357 e. The van der Waals surface area contributed by atoms with Gasteiger partial charge in [0.1, 0.15) is 0 Å². The second kappa shape index (κ2) is 4.30. The molecule has 0 spiro atoms. The van der Waals surface area contributed by atoms with E-state index in [0.29, 0.717) is 0 Å². The van der Waals surface area contributed by atoms with E-state index in [1.54, 1.807) is 0 Å². The molecule has 0 bridgehead atoms. The molecular weight excluding hydrogens is 144 g/mol. The minimum absolute atomic E-state index is 0.953. The summed E-state index contributed by atoms with van der Waals surface area (Å²) in [5.41, 5.74) is 0. The minimum atomic E-state index is 0.953. The first kappa shape index (κ1) is 10.1. The molecular formula is C12H24. The van der Waals surface area contributed by atoms with Gasteiger partial charge in [0.15, 0.2) is 0 Å². The Morgan fingerprint density at radius 3 is 2.17 bits per heavy atom. The Morgan fingerprint density at radius 2 is 1.75 bits per heavy atom. The molecule has 0 saturated heterocycles. The summed E-state index contributed by atoms with van der Waals surface area (Å²) in [6.07, 6.45) is 5.77. The lowest BCUT2D eigenvalue weighted by Crippen LogP contribution is -1.92. The van der Waals surface area contributed by atoms with E-state index in [0.717, 1.165) is 23.7 Å². The first-order chi connectivity index (χ1) is 5.66. The van der Waals surface area contributed by atoms with E-state index in [4.69, 9.17) is 0 Å². The Labute approximate surface area is 77.7 Å². The Balaban J connectivity index is 1.97. The van der Waals surface area contributed by atoms with Crippen LogP contribution in [0.2, 0.25) is 0 Å². The summed E-state index contributed by atoms with van der Waals surface area (Å²) in [5, 5.41) is 0. The molecule has 0 radical (unpaired) electrons. The van der Waals surface area contributed by atoms with Gasteiger partial charge in [0.25, 0.3) is 0 Å². The van der Waals surface area contributed by atoms with Crippen molar-refractivity contribution in [2.45, 2.75) is 53.4 Å². The number of hydrogen-bond donors (Lipinski definition) is 0. The molecule has 1 aliphatic carbocycles. The Bertz CT molecular complexity index is 120. The zero-order chi connectivity index (χ0) is 9.14. The number of rotatable bonds is 5. The molecule has 0 heterocycles. The van der Waals surface area contributed by atoms with Crippen LogP contribution < -0.4 is 0 Å². The van der Waals surface area contributed by atoms with Crippen LogP contribution in [0.3, 0.4) is 0 Å². The van der Waals surface area contributed by atoms with Crippen LogP contribution in [0.4, 0.5) is 0 Å². The molecule has 1 saturated carbocycles. The highest BCUT2D eigenvalue weighted by molar-refractivity contribution is 4.90. The fraction of sp³-hybridized carbons (Fsp3) is 1.00. The molecule has 3 unspecified atom stereocenters. The summed E-state index contributed by atoms with van der Waals surface area (Å²) in [6, 6.07) is 0. The van der Waals surface area contributed by atoms with Crippen LogP contribution in [0.1, 0.15) is 53.4 Å². The van der Waals surface area contributed by atoms with Gasteiger partial charge in [-0.3, -0.25) is 0 Å². The second-order valence-electron chi connectivity index (χ2n) is 4.83. The van der Waals surface area contributed by atoms with Gasteiger partial charge in [-0.1, -0.05) is 47.0 Å². The summed E-state index contributed by atoms with van der Waals surface area (Å²) < 4.78 is 0. The van der Waals surface area contributed by atoms with E-state index < -0.39 is 0 Å². The molecule has 0 amide bonds. The molecule has 0 aliphatic heterocycles. The molecule has 1 rings (SSSR count). The van der Waals surface area contributed by atoms with Gasteiger partial charge in [0, 0.05) is 0 Å². The van der Waals surface area contributed by atoms with Gasteiger partial charge in [0.05, 0.1) is 0 Å². The van der Waals surface area contributed by atoms with Crippen molar-refractivity contribution in [2.24, 2.45) is 23.7 Å². The molecule has 0 aromatic heterocycles. The van der Waals surface area contributed by atoms with Crippen molar-refractivity contribution in [1.29, 1.82) is 0 Å². The van der Waals surface area contributed by atoms with Crippen molar-refractivity contribution in [3.05, 3.63) is 0 Å². The van der Waals surface area contributed by atoms with Crippen molar-refractivity contribution in [3.63, 3.8) is 0 Å². The lowest BCUT2D eigenvalue weighted by Gasteiger charge is -2.06. The average Bonchev–Trinajstić information content (AvgIpc) is 2.62. The Hall–Kier alpha value is 0. The molecule has 72 valence electrons. The third-order valence-electron chi connectivity index (χ3n) is 3.97. The molecule has 12 heavy (non-hydrogen) atoms. The molecule has 1 fully saturated rings. The predicted molar refractivity (Wildman–Crippen MR) is 55.1 cm³/mol. The highest BCUT2D eigenvalue weighted by Gasteiger charge is 2.41. The molecule has 3 atom stereocenters. The summed E-state index contributed by atoms with van der Waals surface area (Å²) in [6.45, 7) is 9.48. The summed E-state index contributed by atoms with van der Waals surface area (Å²) >= 11 is 0. The molecule has 0 aromatic carbocycles. The van der Waals surface area contributed by atoms with E-state index in [-0.39, 0.29) is 0 Å². The zero-order valence-electron chi connectivity index (χ0n) is 9.14. The van der Waals surface area contributed by atoms with Gasteiger partial charge in [-0.05, 0) is 30.1 Å². The monoisotopic (exact) mass is 168 g/mol. The lowest BCUT2D eigenvalue weighted by atomic mass is 10.00. The van der Waals surface area contributed by atoms with E-state index >= 15 is 0 Å². The summed E-state index contributed by atoms with van der Waals surface area (Å²) in [4.78, 5) is 0. The van der Waals surface area contributed by atoms with Crippen LogP contribution in [0.15, 0.2) is 0 Å². The number of hydrogen-bond acceptors (Lipinski definition) is 0. The largest absolute Gasteiger partial charge is 0.0651 e. The fourth-order valence-corrected chi connectivity index (χ4v) is 2.20. The fourth-order valence-electron chi connectivity index (χ4n) is 2.20. The third kappa shape index (κ3) is 2.50. The topological polar surface area (TPSA) is 0 Å². The molecule has 0 N–H and O–H groups in total. The van der Waals surface area contributed by atoms with Crippen molar-refractivity contribution >= 4 is 0 Å². The standard InChI is InChI=1S/C12H24/c1-5-9(2)7-6-8-12-10(3)11(12)4/h9-12H,5-8H2,1-4H3. The first-order valence-corrected chi connectivity index (χ1v) is 5.66. The SMILES string of the molecule is CCC(C)CCCC1C(C)C1C. The maximum absolute atomic E-state index is 2.40. The summed E-state index contributed by atoms with van der Waals surface area (Å²) in [5.74, 6) is 4.09. The predicted octanol–water partition coefficient (Wildman–Crippen LogP) is 4.10. The van der Waals surface area contributed by atoms with Gasteiger partial charge < -0.3 is 0 Å². The quantitative estimate of drug-likeness (QED) is 0.579. The Kier molecular flexibility index (Phi) is 3.61. The minimum Gasteiger partial charge on any atom is -0.0651 e. The average molecular weight is 168 g/mol. The normalized spacial score (nSPS) is 36.5. The van der Waals surface area contributed by atoms with Crippen LogP contribution in [0, 0.1) is 23.7 Å². The van der Waals surface area contributed by atoms with Crippen molar-refractivity contribution in [1.82, 2.24) is 0 Å². The van der Waals surface area contributed by atoms with Gasteiger partial charge in [-0.2, -0.15) is 0 Å². The van der Waals surface area contributed by atoms with Gasteiger partial charge in [-0.15, -0.1) is 0 Å². The molecule has 0 nitrogen and oxygen atoms in total. The van der Waals surface area contributed by atoms with Gasteiger partial charge in [0.2, 0.25) is 0 Å². The maximum atomic E-state index is 2.40. The smallest absolute Gasteiger partial charge is 0.0357 e. The van der Waals surface area contributed by atoms with Crippen LogP contribution in [0.5, 0.6) is 0 Å². The highest BCUT2D eigenvalue weighted by atomic mass is 14.5. The van der Waals surface area contributed by atoms with Crippen LogP contribution in [-0.2, 0) is 0 Å². The Morgan fingerprint density at radius 1 is 1.17 bits per heavy atom. The van der Waals surface area contributed by atoms with Crippen molar-refractivity contribution in [3.8, 4) is 0 Å². The van der Waals surface area contributed by atoms with E-state index in [1.165, 1.54) is 25.7 Å². The van der Waals surface area contributed by atoms with Gasteiger partial charge in [-0.25, -0.2) is 0 Å². The molecule has 0 heteroatoms. The zero-order valence-corrected chi connectivity index (χ0v) is 9.14. The third-order valence-corrected chi connectivity index (χ3v) is 3.97. The van der Waals surface area contributed by atoms with Gasteiger partial charge >= 0.3 is 0 Å².